The van der Waals surface area contributed by atoms with Gasteiger partial charge in [0.1, 0.15) is 36.6 Å². The van der Waals surface area contributed by atoms with Crippen molar-refractivity contribution in [3.8, 4) is 0 Å². The van der Waals surface area contributed by atoms with E-state index in [9.17, 15) is 40.5 Å². The van der Waals surface area contributed by atoms with Gasteiger partial charge in [-0.1, -0.05) is 235 Å². The van der Waals surface area contributed by atoms with Crippen LogP contribution < -0.4 is 5.32 Å². The van der Waals surface area contributed by atoms with Crippen LogP contribution in [0.4, 0.5) is 0 Å². The number of aliphatic hydroxyl groups is 7. The number of amides is 1. The predicted molar refractivity (Wildman–Crippen MR) is 311 cm³/mol. The minimum atomic E-state index is -1.68. The normalized spacial score (nSPS) is 20.1. The van der Waals surface area contributed by atoms with Crippen molar-refractivity contribution < 1.29 is 50.0 Å². The summed E-state index contributed by atoms with van der Waals surface area (Å²) in [5.74, 6) is -0.721. The molecule has 1 aliphatic rings. The molecule has 1 aliphatic heterocycles. The summed E-state index contributed by atoms with van der Waals surface area (Å²) in [6, 6.07) is -1.20. The van der Waals surface area contributed by atoms with E-state index >= 15 is 0 Å². The molecule has 0 saturated carbocycles. The predicted octanol–water partition coefficient (Wildman–Crippen LogP) is 13.8. The van der Waals surface area contributed by atoms with Crippen molar-refractivity contribution in [2.45, 2.75) is 326 Å². The molecule has 438 valence electrons. The Kier molecular flexibility index (Phi) is 49.6. The highest BCUT2D eigenvalue weighted by molar-refractivity contribution is 5.80. The molecule has 1 rings (SSSR count). The summed E-state index contributed by atoms with van der Waals surface area (Å²) in [4.78, 5) is 13.2. The van der Waals surface area contributed by atoms with Crippen LogP contribution in [-0.2, 0) is 14.3 Å². The quantitative estimate of drug-likeness (QED) is 0.0215. The number of hydrogen-bond acceptors (Lipinski definition) is 10. The molecule has 1 heterocycles. The summed E-state index contributed by atoms with van der Waals surface area (Å²) in [6.45, 7) is 3.42. The van der Waals surface area contributed by atoms with Gasteiger partial charge in [-0.2, -0.15) is 0 Å². The number of nitrogens with one attached hydrogen (secondary N) is 1. The smallest absolute Gasteiger partial charge is 0.249 e. The lowest BCUT2D eigenvalue weighted by Crippen LogP contribution is -2.60. The maximum atomic E-state index is 13.2. The molecule has 0 spiro atoms. The van der Waals surface area contributed by atoms with E-state index in [1.807, 2.05) is 0 Å². The Balaban J connectivity index is 2.28. The Labute approximate surface area is 459 Å². The number of allylic oxidation sites excluding steroid dienone is 10. The second-order valence-corrected chi connectivity index (χ2v) is 21.7. The lowest BCUT2D eigenvalue weighted by molar-refractivity contribution is -0.303. The van der Waals surface area contributed by atoms with Crippen LogP contribution in [0.15, 0.2) is 60.8 Å². The molecular weight excluding hydrogens is 943 g/mol. The fraction of sp³-hybridized carbons (Fsp3) is 0.828. The van der Waals surface area contributed by atoms with Crippen LogP contribution in [0.25, 0.3) is 0 Å². The minimum Gasteiger partial charge on any atom is -0.394 e. The monoisotopic (exact) mass is 1060 g/mol. The van der Waals surface area contributed by atoms with Crippen LogP contribution in [-0.4, -0.2) is 110 Å². The Morgan fingerprint density at radius 3 is 1.29 bits per heavy atom. The molecule has 11 heteroatoms. The van der Waals surface area contributed by atoms with E-state index in [1.165, 1.54) is 148 Å². The van der Waals surface area contributed by atoms with Gasteiger partial charge in [0.05, 0.1) is 25.4 Å². The van der Waals surface area contributed by atoms with Crippen LogP contribution in [0.2, 0.25) is 0 Å². The van der Waals surface area contributed by atoms with Crippen LogP contribution in [0.1, 0.15) is 271 Å². The third kappa shape index (κ3) is 40.6. The van der Waals surface area contributed by atoms with Crippen molar-refractivity contribution in [3.05, 3.63) is 60.8 Å². The first kappa shape index (κ1) is 70.8. The molecule has 9 unspecified atom stereocenters. The third-order valence-electron chi connectivity index (χ3n) is 14.7. The van der Waals surface area contributed by atoms with Gasteiger partial charge in [-0.05, 0) is 96.3 Å². The maximum absolute atomic E-state index is 13.2. The topological polar surface area (TPSA) is 189 Å². The average Bonchev–Trinajstić information content (AvgIpc) is 3.41. The van der Waals surface area contributed by atoms with E-state index in [-0.39, 0.29) is 12.8 Å². The number of carbonyl (C=O) groups excluding carboxylic acids is 1. The van der Waals surface area contributed by atoms with Crippen LogP contribution >= 0.6 is 0 Å². The first-order valence-corrected chi connectivity index (χ1v) is 31.2. The van der Waals surface area contributed by atoms with E-state index in [4.69, 9.17) is 9.47 Å². The number of aliphatic hydroxyl groups excluding tert-OH is 7. The first-order valence-electron chi connectivity index (χ1n) is 31.2. The molecule has 8 N–H and O–H groups in total. The van der Waals surface area contributed by atoms with Crippen molar-refractivity contribution in [1.29, 1.82) is 0 Å². The molecule has 0 bridgehead atoms. The molecule has 75 heavy (non-hydrogen) atoms. The molecule has 0 aliphatic carbocycles. The zero-order valence-corrected chi connectivity index (χ0v) is 48.0. The second kappa shape index (κ2) is 52.5. The van der Waals surface area contributed by atoms with Gasteiger partial charge < -0.3 is 50.5 Å². The third-order valence-corrected chi connectivity index (χ3v) is 14.7. The lowest BCUT2D eigenvalue weighted by Gasteiger charge is -2.40. The highest BCUT2D eigenvalue weighted by atomic mass is 16.7. The molecule has 0 radical (unpaired) electrons. The van der Waals surface area contributed by atoms with Crippen molar-refractivity contribution in [2.75, 3.05) is 13.2 Å². The molecule has 1 saturated heterocycles. The maximum Gasteiger partial charge on any atom is 0.249 e. The molecule has 0 aromatic carbocycles. The zero-order valence-electron chi connectivity index (χ0n) is 48.0. The number of unbranched alkanes of at least 4 members (excludes halogenated alkanes) is 31. The van der Waals surface area contributed by atoms with Crippen LogP contribution in [0.5, 0.6) is 0 Å². The Bertz CT molecular complexity index is 1400. The van der Waals surface area contributed by atoms with E-state index in [0.29, 0.717) is 19.3 Å². The molecule has 1 fully saturated rings. The molecule has 0 aromatic heterocycles. The number of rotatable bonds is 53. The van der Waals surface area contributed by atoms with Gasteiger partial charge in [0.15, 0.2) is 6.29 Å². The van der Waals surface area contributed by atoms with Crippen molar-refractivity contribution in [2.24, 2.45) is 0 Å². The number of hydrogen-bond donors (Lipinski definition) is 8. The summed E-state index contributed by atoms with van der Waals surface area (Å²) in [6.07, 6.45) is 57.3. The molecule has 1 amide bonds. The molecular formula is C64H117NO10. The SMILES string of the molecule is CCCCC/C=C\C/C=C\CCCCCCCCC(O)C(=O)NC(COC1OC(CO)C(O)C(O)C1O)C(O)C(O)CCC/C=C/CC/C=C/CC/C=C/CCCCCCCCCCCCCCCCCCCCC. The first-order chi connectivity index (χ1) is 36.7. The second-order valence-electron chi connectivity index (χ2n) is 21.7. The van der Waals surface area contributed by atoms with E-state index < -0.39 is 74.2 Å². The Morgan fingerprint density at radius 2 is 0.840 bits per heavy atom. The molecule has 9 atom stereocenters. The van der Waals surface area contributed by atoms with Gasteiger partial charge >= 0.3 is 0 Å². The lowest BCUT2D eigenvalue weighted by atomic mass is 9.98. The Morgan fingerprint density at radius 1 is 0.467 bits per heavy atom. The van der Waals surface area contributed by atoms with Gasteiger partial charge in [0.2, 0.25) is 5.91 Å². The highest BCUT2D eigenvalue weighted by Crippen LogP contribution is 2.23. The molecule has 0 aromatic rings. The summed E-state index contributed by atoms with van der Waals surface area (Å²) in [5.41, 5.74) is 0. The minimum absolute atomic E-state index is 0.235. The van der Waals surface area contributed by atoms with Crippen molar-refractivity contribution in [1.82, 2.24) is 5.32 Å². The van der Waals surface area contributed by atoms with Gasteiger partial charge in [0, 0.05) is 0 Å². The van der Waals surface area contributed by atoms with E-state index in [1.54, 1.807) is 0 Å². The fourth-order valence-corrected chi connectivity index (χ4v) is 9.68. The summed E-state index contributed by atoms with van der Waals surface area (Å²) < 4.78 is 11.1. The van der Waals surface area contributed by atoms with Crippen molar-refractivity contribution >= 4 is 5.91 Å². The fourth-order valence-electron chi connectivity index (χ4n) is 9.68. The standard InChI is InChI=1S/C64H117NO10/c1-3-5-7-9-11-13-15-17-19-21-22-23-24-25-26-27-28-29-30-31-32-33-34-35-36-38-39-41-43-45-47-49-51-56(67)59(69)55(54-74-64-62(72)61(71)60(70)58(53-66)75-64)65-63(73)57(68)52-50-48-46-44-42-40-37-20-18-16-14-12-10-8-6-4-2/h12,14,18,20,32-33,36,38,43,45,55-62,64,66-72H,3-11,13,15-17,19,21-31,34-35,37,39-42,44,46-54H2,1-2H3,(H,65,73)/b14-12-,20-18-,33-32+,38-36+,45-43+. The van der Waals surface area contributed by atoms with Crippen molar-refractivity contribution in [3.63, 3.8) is 0 Å². The Hall–Kier alpha value is -2.19. The highest BCUT2D eigenvalue weighted by Gasteiger charge is 2.44. The average molecular weight is 1060 g/mol. The van der Waals surface area contributed by atoms with Gasteiger partial charge in [-0.3, -0.25) is 4.79 Å². The van der Waals surface area contributed by atoms with E-state index in [0.717, 1.165) is 77.0 Å². The van der Waals surface area contributed by atoms with Gasteiger partial charge in [0.25, 0.3) is 0 Å². The zero-order chi connectivity index (χ0) is 54.7. The summed E-state index contributed by atoms with van der Waals surface area (Å²) in [5, 5.41) is 76.1. The summed E-state index contributed by atoms with van der Waals surface area (Å²) in [7, 11) is 0. The summed E-state index contributed by atoms with van der Waals surface area (Å²) >= 11 is 0. The van der Waals surface area contributed by atoms with Gasteiger partial charge in [-0.15, -0.1) is 0 Å². The van der Waals surface area contributed by atoms with E-state index in [2.05, 4.69) is 79.9 Å². The van der Waals surface area contributed by atoms with Gasteiger partial charge in [-0.25, -0.2) is 0 Å². The largest absolute Gasteiger partial charge is 0.394 e. The van der Waals surface area contributed by atoms with Crippen LogP contribution in [0.3, 0.4) is 0 Å². The number of ether oxygens (including phenoxy) is 2. The number of carbonyl (C=O) groups is 1. The molecule has 11 nitrogen and oxygen atoms in total. The van der Waals surface area contributed by atoms with Crippen LogP contribution in [0, 0.1) is 0 Å².